The monoisotopic (exact) mass is 497 g/mol. The summed E-state index contributed by atoms with van der Waals surface area (Å²) in [6, 6.07) is 16.9. The van der Waals surface area contributed by atoms with E-state index in [9.17, 15) is 19.7 Å². The van der Waals surface area contributed by atoms with Crippen LogP contribution in [0.1, 0.15) is 17.2 Å². The Kier molecular flexibility index (Phi) is 5.51. The van der Waals surface area contributed by atoms with Crippen molar-refractivity contribution in [2.75, 3.05) is 9.96 Å². The number of benzene rings is 3. The molecule has 2 fully saturated rings. The van der Waals surface area contributed by atoms with E-state index in [-0.39, 0.29) is 10.7 Å². The Morgan fingerprint density at radius 3 is 2.38 bits per heavy atom. The first-order chi connectivity index (χ1) is 16.3. The minimum Gasteiger partial charge on any atom is -0.273 e. The van der Waals surface area contributed by atoms with Crippen LogP contribution in [0.5, 0.6) is 0 Å². The summed E-state index contributed by atoms with van der Waals surface area (Å²) in [5, 5.41) is 13.4. The Balaban J connectivity index is 1.63. The highest BCUT2D eigenvalue weighted by atomic mass is 35.5. The van der Waals surface area contributed by atoms with Gasteiger partial charge in [-0.15, -0.1) is 0 Å². The quantitative estimate of drug-likeness (QED) is 0.277. The van der Waals surface area contributed by atoms with E-state index in [4.69, 9.17) is 28.0 Å². The fraction of sp³-hybridized carbons (Fsp3) is 0.167. The van der Waals surface area contributed by atoms with Crippen LogP contribution in [0.25, 0.3) is 0 Å². The molecule has 2 saturated heterocycles. The number of rotatable bonds is 4. The average molecular weight is 498 g/mol. The van der Waals surface area contributed by atoms with E-state index in [1.165, 1.54) is 29.3 Å². The Morgan fingerprint density at radius 1 is 0.941 bits per heavy atom. The summed E-state index contributed by atoms with van der Waals surface area (Å²) < 4.78 is 0. The molecule has 2 aliphatic rings. The standard InChI is InChI=1S/C24H17Cl2N3O5/c1-13-4-2-5-15(10-13)27-23(30)20-21(18-9-8-14(25)11-19(18)26)28(34-22(20)24(27)31)16-6-3-7-17(12-16)29(32)33/h2-12,20-22H,1H3. The maximum atomic E-state index is 13.6. The molecule has 0 aliphatic carbocycles. The van der Waals surface area contributed by atoms with Crippen molar-refractivity contribution in [1.82, 2.24) is 0 Å². The van der Waals surface area contributed by atoms with E-state index in [0.29, 0.717) is 22.0 Å². The summed E-state index contributed by atoms with van der Waals surface area (Å²) >= 11 is 12.6. The predicted octanol–water partition coefficient (Wildman–Crippen LogP) is 5.26. The number of imide groups is 1. The van der Waals surface area contributed by atoms with Crippen LogP contribution < -0.4 is 9.96 Å². The maximum absolute atomic E-state index is 13.6. The molecule has 2 amide bonds. The van der Waals surface area contributed by atoms with Crippen LogP contribution in [0.15, 0.2) is 66.7 Å². The average Bonchev–Trinajstić information content (AvgIpc) is 3.30. The fourth-order valence-electron chi connectivity index (χ4n) is 4.46. The topological polar surface area (TPSA) is 93.0 Å². The van der Waals surface area contributed by atoms with Gasteiger partial charge in [0.15, 0.2) is 6.10 Å². The van der Waals surface area contributed by atoms with Gasteiger partial charge in [0.1, 0.15) is 5.92 Å². The lowest BCUT2D eigenvalue weighted by molar-refractivity contribution is -0.384. The zero-order valence-corrected chi connectivity index (χ0v) is 19.2. The van der Waals surface area contributed by atoms with E-state index in [0.717, 1.165) is 10.5 Å². The van der Waals surface area contributed by atoms with Crippen LogP contribution in [0.4, 0.5) is 17.1 Å². The number of hydrogen-bond acceptors (Lipinski definition) is 6. The molecular weight excluding hydrogens is 481 g/mol. The molecular formula is C24H17Cl2N3O5. The van der Waals surface area contributed by atoms with Gasteiger partial charge in [0.05, 0.1) is 22.3 Å². The minimum absolute atomic E-state index is 0.154. The summed E-state index contributed by atoms with van der Waals surface area (Å²) in [6.07, 6.45) is -1.12. The molecule has 0 aromatic heterocycles. The number of nitrogens with zero attached hydrogens (tertiary/aromatic N) is 3. The van der Waals surface area contributed by atoms with Gasteiger partial charge in [-0.2, -0.15) is 0 Å². The van der Waals surface area contributed by atoms with E-state index >= 15 is 0 Å². The Bertz CT molecular complexity index is 1350. The maximum Gasteiger partial charge on any atom is 0.271 e. The van der Waals surface area contributed by atoms with Gasteiger partial charge < -0.3 is 0 Å². The van der Waals surface area contributed by atoms with Gasteiger partial charge >= 0.3 is 0 Å². The lowest BCUT2D eigenvalue weighted by Crippen LogP contribution is -2.37. The van der Waals surface area contributed by atoms with Crippen LogP contribution in [0.3, 0.4) is 0 Å². The molecule has 10 heteroatoms. The third kappa shape index (κ3) is 3.60. The third-order valence-electron chi connectivity index (χ3n) is 5.95. The smallest absolute Gasteiger partial charge is 0.271 e. The van der Waals surface area contributed by atoms with Crippen molar-refractivity contribution in [3.05, 3.63) is 98.0 Å². The summed E-state index contributed by atoms with van der Waals surface area (Å²) in [5.74, 6) is -1.88. The van der Waals surface area contributed by atoms with Crippen molar-refractivity contribution >= 4 is 52.1 Å². The molecule has 0 bridgehead atoms. The highest BCUT2D eigenvalue weighted by molar-refractivity contribution is 6.35. The summed E-state index contributed by atoms with van der Waals surface area (Å²) in [6.45, 7) is 1.87. The number of anilines is 2. The molecule has 2 aliphatic heterocycles. The van der Waals surface area contributed by atoms with Crippen molar-refractivity contribution in [3.63, 3.8) is 0 Å². The molecule has 3 aromatic carbocycles. The van der Waals surface area contributed by atoms with Gasteiger partial charge in [-0.1, -0.05) is 47.5 Å². The zero-order chi connectivity index (χ0) is 24.1. The van der Waals surface area contributed by atoms with Crippen LogP contribution in [-0.4, -0.2) is 22.8 Å². The van der Waals surface area contributed by atoms with Crippen molar-refractivity contribution < 1.29 is 19.3 Å². The second-order valence-corrected chi connectivity index (χ2v) is 8.96. The lowest BCUT2D eigenvalue weighted by atomic mass is 9.90. The van der Waals surface area contributed by atoms with Gasteiger partial charge in [-0.05, 0) is 48.4 Å². The molecule has 8 nitrogen and oxygen atoms in total. The molecule has 2 heterocycles. The number of carbonyl (C=O) groups is 2. The van der Waals surface area contributed by atoms with Gasteiger partial charge in [-0.3, -0.25) is 24.5 Å². The van der Waals surface area contributed by atoms with Crippen molar-refractivity contribution in [2.45, 2.75) is 19.1 Å². The highest BCUT2D eigenvalue weighted by Crippen LogP contribution is 2.49. The number of non-ortho nitro benzene ring substituents is 1. The van der Waals surface area contributed by atoms with Crippen LogP contribution in [-0.2, 0) is 14.4 Å². The summed E-state index contributed by atoms with van der Waals surface area (Å²) in [7, 11) is 0. The number of aryl methyl sites for hydroxylation is 1. The summed E-state index contributed by atoms with van der Waals surface area (Å²) in [4.78, 5) is 45.0. The molecule has 5 rings (SSSR count). The molecule has 3 unspecified atom stereocenters. The fourth-order valence-corrected chi connectivity index (χ4v) is 4.98. The van der Waals surface area contributed by atoms with E-state index < -0.39 is 34.8 Å². The molecule has 0 radical (unpaired) electrons. The molecule has 0 spiro atoms. The number of carbonyl (C=O) groups excluding carboxylic acids is 2. The van der Waals surface area contributed by atoms with Crippen molar-refractivity contribution in [1.29, 1.82) is 0 Å². The zero-order valence-electron chi connectivity index (χ0n) is 17.7. The number of hydrogen-bond donors (Lipinski definition) is 0. The Morgan fingerprint density at radius 2 is 1.68 bits per heavy atom. The van der Waals surface area contributed by atoms with E-state index in [1.54, 1.807) is 36.4 Å². The molecule has 0 N–H and O–H groups in total. The number of nitro benzene ring substituents is 1. The van der Waals surface area contributed by atoms with Crippen molar-refractivity contribution in [3.8, 4) is 0 Å². The minimum atomic E-state index is -1.12. The van der Waals surface area contributed by atoms with Gasteiger partial charge in [0.2, 0.25) is 5.91 Å². The number of fused-ring (bicyclic) bond motifs is 1. The van der Waals surface area contributed by atoms with Crippen LogP contribution in [0, 0.1) is 23.0 Å². The molecule has 34 heavy (non-hydrogen) atoms. The first-order valence-corrected chi connectivity index (χ1v) is 11.1. The Labute approximate surface area is 204 Å². The lowest BCUT2D eigenvalue weighted by Gasteiger charge is -2.29. The van der Waals surface area contributed by atoms with Crippen LogP contribution >= 0.6 is 23.2 Å². The predicted molar refractivity (Wildman–Crippen MR) is 127 cm³/mol. The summed E-state index contributed by atoms with van der Waals surface area (Å²) in [5.41, 5.74) is 2.03. The number of halogens is 2. The van der Waals surface area contributed by atoms with Gasteiger partial charge in [0.25, 0.3) is 11.6 Å². The molecule has 3 atom stereocenters. The third-order valence-corrected chi connectivity index (χ3v) is 6.51. The molecule has 0 saturated carbocycles. The first kappa shape index (κ1) is 22.3. The largest absolute Gasteiger partial charge is 0.273 e. The number of amides is 2. The van der Waals surface area contributed by atoms with Crippen LogP contribution in [0.2, 0.25) is 10.0 Å². The number of nitro groups is 1. The van der Waals surface area contributed by atoms with E-state index in [1.807, 2.05) is 13.0 Å². The molecule has 3 aromatic rings. The van der Waals surface area contributed by atoms with Gasteiger partial charge in [0, 0.05) is 22.2 Å². The first-order valence-electron chi connectivity index (χ1n) is 10.4. The SMILES string of the molecule is Cc1cccc(N2C(=O)C3ON(c4cccc([N+](=O)[O-])c4)C(c4ccc(Cl)cc4Cl)C3C2=O)c1. The second kappa shape index (κ2) is 8.39. The highest BCUT2D eigenvalue weighted by Gasteiger charge is 2.60. The second-order valence-electron chi connectivity index (χ2n) is 8.12. The Hall–Kier alpha value is -3.46. The molecule has 172 valence electrons. The van der Waals surface area contributed by atoms with Crippen molar-refractivity contribution in [2.24, 2.45) is 5.92 Å². The normalized spacial score (nSPS) is 21.8. The number of hydroxylamine groups is 1. The van der Waals surface area contributed by atoms with Gasteiger partial charge in [-0.25, -0.2) is 9.96 Å². The van der Waals surface area contributed by atoms with E-state index in [2.05, 4.69) is 0 Å².